The fraction of sp³-hybridized carbons (Fsp3) is 0.174. The predicted octanol–water partition coefficient (Wildman–Crippen LogP) is 5.74. The van der Waals surface area contributed by atoms with Crippen LogP contribution in [0.4, 0.5) is 11.4 Å². The number of benzene rings is 3. The Morgan fingerprint density at radius 2 is 1.65 bits per heavy atom. The van der Waals surface area contributed by atoms with Gasteiger partial charge < -0.3 is 5.32 Å². The van der Waals surface area contributed by atoms with Gasteiger partial charge in [-0.3, -0.25) is 9.52 Å². The molecule has 0 fully saturated rings. The highest BCUT2D eigenvalue weighted by Gasteiger charge is 2.15. The molecule has 3 aromatic carbocycles. The monoisotopic (exact) mass is 518 g/mol. The molecular formula is C23H23BrN2O3S2. The van der Waals surface area contributed by atoms with E-state index in [2.05, 4.69) is 26.0 Å². The van der Waals surface area contributed by atoms with Crippen molar-refractivity contribution in [2.45, 2.75) is 24.5 Å². The number of carbonyl (C=O) groups excluding carboxylic acids is 1. The Labute approximate surface area is 195 Å². The molecule has 2 N–H and O–H groups in total. The second kappa shape index (κ2) is 10.3. The van der Waals surface area contributed by atoms with E-state index in [-0.39, 0.29) is 10.8 Å². The lowest BCUT2D eigenvalue weighted by Crippen LogP contribution is -2.15. The highest BCUT2D eigenvalue weighted by molar-refractivity contribution is 9.10. The van der Waals surface area contributed by atoms with Crippen LogP contribution in [0.1, 0.15) is 16.7 Å². The number of thioether (sulfide) groups is 1. The number of aryl methyl sites for hydroxylation is 2. The summed E-state index contributed by atoms with van der Waals surface area (Å²) in [7, 11) is -3.71. The Bertz CT molecular complexity index is 1180. The molecule has 0 saturated carbocycles. The summed E-state index contributed by atoms with van der Waals surface area (Å²) in [6, 6.07) is 19.5. The van der Waals surface area contributed by atoms with Crippen molar-refractivity contribution in [3.8, 4) is 0 Å². The van der Waals surface area contributed by atoms with Crippen molar-refractivity contribution in [2.24, 2.45) is 0 Å². The van der Waals surface area contributed by atoms with E-state index in [0.29, 0.717) is 17.1 Å². The number of rotatable bonds is 8. The van der Waals surface area contributed by atoms with Gasteiger partial charge in [-0.25, -0.2) is 8.42 Å². The minimum Gasteiger partial charge on any atom is -0.325 e. The first-order valence-corrected chi connectivity index (χ1v) is 13.0. The number of halogens is 1. The second-order valence-corrected chi connectivity index (χ2v) is 10.7. The van der Waals surface area contributed by atoms with E-state index >= 15 is 0 Å². The van der Waals surface area contributed by atoms with E-state index in [9.17, 15) is 13.2 Å². The number of sulfonamides is 1. The SMILES string of the molecule is Cc1ccc(NS(=O)(=O)c2ccc(NC(=O)CSCc3cccc(Br)c3)cc2)cc1C. The summed E-state index contributed by atoms with van der Waals surface area (Å²) in [4.78, 5) is 12.3. The smallest absolute Gasteiger partial charge is 0.261 e. The van der Waals surface area contributed by atoms with Crippen LogP contribution in [0, 0.1) is 13.8 Å². The van der Waals surface area contributed by atoms with Gasteiger partial charge in [-0.1, -0.05) is 34.1 Å². The molecule has 0 aliphatic rings. The van der Waals surface area contributed by atoms with E-state index in [1.165, 1.54) is 23.9 Å². The second-order valence-electron chi connectivity index (χ2n) is 7.10. The molecule has 0 aromatic heterocycles. The molecule has 0 heterocycles. The zero-order valence-corrected chi connectivity index (χ0v) is 20.4. The standard InChI is InChI=1S/C23H23BrN2O3S2/c1-16-6-7-21(12-17(16)2)26-31(28,29)22-10-8-20(9-11-22)25-23(27)15-30-14-18-4-3-5-19(24)13-18/h3-13,26H,14-15H2,1-2H3,(H,25,27). The molecule has 5 nitrogen and oxygen atoms in total. The summed E-state index contributed by atoms with van der Waals surface area (Å²) in [5, 5.41) is 2.80. The number of hydrogen-bond donors (Lipinski definition) is 2. The van der Waals surface area contributed by atoms with Gasteiger partial charge in [0, 0.05) is 21.6 Å². The molecule has 0 bridgehead atoms. The van der Waals surface area contributed by atoms with Crippen LogP contribution in [0.5, 0.6) is 0 Å². The lowest BCUT2D eigenvalue weighted by Gasteiger charge is -2.11. The Kier molecular flexibility index (Phi) is 7.80. The normalized spacial score (nSPS) is 11.2. The van der Waals surface area contributed by atoms with Crippen molar-refractivity contribution in [2.75, 3.05) is 15.8 Å². The Morgan fingerprint density at radius 3 is 2.32 bits per heavy atom. The zero-order chi connectivity index (χ0) is 22.4. The predicted molar refractivity (Wildman–Crippen MR) is 132 cm³/mol. The average Bonchev–Trinajstić information content (AvgIpc) is 2.71. The number of hydrogen-bond acceptors (Lipinski definition) is 4. The topological polar surface area (TPSA) is 75.3 Å². The lowest BCUT2D eigenvalue weighted by atomic mass is 10.1. The largest absolute Gasteiger partial charge is 0.325 e. The maximum atomic E-state index is 12.6. The molecule has 162 valence electrons. The van der Waals surface area contributed by atoms with E-state index in [1.807, 2.05) is 44.2 Å². The molecule has 0 atom stereocenters. The third-order valence-electron chi connectivity index (χ3n) is 4.60. The summed E-state index contributed by atoms with van der Waals surface area (Å²) in [6.45, 7) is 3.90. The Morgan fingerprint density at radius 1 is 0.935 bits per heavy atom. The van der Waals surface area contributed by atoms with E-state index in [4.69, 9.17) is 0 Å². The molecule has 3 rings (SSSR count). The molecule has 3 aromatic rings. The Hall–Kier alpha value is -2.29. The van der Waals surface area contributed by atoms with Gasteiger partial charge in [0.05, 0.1) is 10.6 Å². The van der Waals surface area contributed by atoms with Crippen molar-refractivity contribution < 1.29 is 13.2 Å². The average molecular weight is 519 g/mol. The van der Waals surface area contributed by atoms with Crippen LogP contribution in [0.3, 0.4) is 0 Å². The van der Waals surface area contributed by atoms with Crippen LogP contribution in [0.15, 0.2) is 76.1 Å². The number of nitrogens with one attached hydrogen (secondary N) is 2. The van der Waals surface area contributed by atoms with Crippen molar-refractivity contribution in [3.63, 3.8) is 0 Å². The highest BCUT2D eigenvalue weighted by Crippen LogP contribution is 2.21. The van der Waals surface area contributed by atoms with Gasteiger partial charge in [0.1, 0.15) is 0 Å². The number of anilines is 2. The van der Waals surface area contributed by atoms with Gasteiger partial charge in [0.25, 0.3) is 10.0 Å². The molecule has 0 spiro atoms. The van der Waals surface area contributed by atoms with Crippen LogP contribution < -0.4 is 10.0 Å². The van der Waals surface area contributed by atoms with Gasteiger partial charge in [-0.2, -0.15) is 0 Å². The summed E-state index contributed by atoms with van der Waals surface area (Å²) in [5.41, 5.74) is 4.31. The quantitative estimate of drug-likeness (QED) is 0.398. The van der Waals surface area contributed by atoms with Crippen molar-refractivity contribution in [3.05, 3.63) is 87.9 Å². The van der Waals surface area contributed by atoms with E-state index in [0.717, 1.165) is 26.9 Å². The fourth-order valence-electron chi connectivity index (χ4n) is 2.82. The van der Waals surface area contributed by atoms with Crippen molar-refractivity contribution in [1.82, 2.24) is 0 Å². The molecule has 1 amide bonds. The molecular weight excluding hydrogens is 496 g/mol. The highest BCUT2D eigenvalue weighted by atomic mass is 79.9. The summed E-state index contributed by atoms with van der Waals surface area (Å²) >= 11 is 4.95. The maximum absolute atomic E-state index is 12.6. The van der Waals surface area contributed by atoms with Crippen LogP contribution in [0.25, 0.3) is 0 Å². The van der Waals surface area contributed by atoms with Gasteiger partial charge in [0.2, 0.25) is 5.91 Å². The van der Waals surface area contributed by atoms with Crippen molar-refractivity contribution >= 4 is 55.0 Å². The lowest BCUT2D eigenvalue weighted by molar-refractivity contribution is -0.113. The number of amides is 1. The molecule has 0 saturated heterocycles. The Balaban J connectivity index is 1.55. The summed E-state index contributed by atoms with van der Waals surface area (Å²) in [6.07, 6.45) is 0. The summed E-state index contributed by atoms with van der Waals surface area (Å²) in [5.74, 6) is 0.901. The fourth-order valence-corrected chi connectivity index (χ4v) is 5.09. The molecule has 0 aliphatic carbocycles. The first-order chi connectivity index (χ1) is 14.7. The number of carbonyl (C=O) groups is 1. The first-order valence-electron chi connectivity index (χ1n) is 9.55. The van der Waals surface area contributed by atoms with Crippen LogP contribution in [0.2, 0.25) is 0 Å². The minimum atomic E-state index is -3.71. The first kappa shape index (κ1) is 23.4. The maximum Gasteiger partial charge on any atom is 0.261 e. The van der Waals surface area contributed by atoms with E-state index < -0.39 is 10.0 Å². The third-order valence-corrected chi connectivity index (χ3v) is 7.49. The van der Waals surface area contributed by atoms with Crippen LogP contribution >= 0.6 is 27.7 Å². The summed E-state index contributed by atoms with van der Waals surface area (Å²) < 4.78 is 28.9. The zero-order valence-electron chi connectivity index (χ0n) is 17.2. The molecule has 0 aliphatic heterocycles. The van der Waals surface area contributed by atoms with Gasteiger partial charge in [-0.15, -0.1) is 11.8 Å². The molecule has 8 heteroatoms. The molecule has 0 radical (unpaired) electrons. The van der Waals surface area contributed by atoms with Gasteiger partial charge >= 0.3 is 0 Å². The van der Waals surface area contributed by atoms with Crippen LogP contribution in [-0.2, 0) is 20.6 Å². The minimum absolute atomic E-state index is 0.132. The van der Waals surface area contributed by atoms with E-state index in [1.54, 1.807) is 24.3 Å². The van der Waals surface area contributed by atoms with Crippen molar-refractivity contribution in [1.29, 1.82) is 0 Å². The third kappa shape index (κ3) is 6.85. The molecule has 31 heavy (non-hydrogen) atoms. The molecule has 0 unspecified atom stereocenters. The van der Waals surface area contributed by atoms with Gasteiger partial charge in [-0.05, 0) is 79.1 Å². The van der Waals surface area contributed by atoms with Gasteiger partial charge in [0.15, 0.2) is 0 Å². The van der Waals surface area contributed by atoms with Crippen LogP contribution in [-0.4, -0.2) is 20.1 Å².